The maximum atomic E-state index is 14.1. The summed E-state index contributed by atoms with van der Waals surface area (Å²) in [6, 6.07) is 4.81. The van der Waals surface area contributed by atoms with Gasteiger partial charge in [0.1, 0.15) is 11.6 Å². The van der Waals surface area contributed by atoms with Gasteiger partial charge in [-0.25, -0.2) is 14.4 Å². The number of aromatic nitrogens is 2. The summed E-state index contributed by atoms with van der Waals surface area (Å²) < 4.78 is 14.1. The number of rotatable bonds is 5. The van der Waals surface area contributed by atoms with Gasteiger partial charge in [0, 0.05) is 18.0 Å². The van der Waals surface area contributed by atoms with E-state index in [1.54, 1.807) is 18.5 Å². The molecule has 1 aromatic carbocycles. The monoisotopic (exact) mass is 273 g/mol. The van der Waals surface area contributed by atoms with Gasteiger partial charge in [-0.15, -0.1) is 0 Å². The first-order valence-electron chi connectivity index (χ1n) is 6.89. The minimum atomic E-state index is -0.310. The van der Waals surface area contributed by atoms with E-state index >= 15 is 0 Å². The molecule has 3 nitrogen and oxygen atoms in total. The van der Waals surface area contributed by atoms with Gasteiger partial charge < -0.3 is 5.32 Å². The van der Waals surface area contributed by atoms with Crippen LogP contribution in [-0.4, -0.2) is 16.5 Å². The Kier molecular flexibility index (Phi) is 4.79. The first-order chi connectivity index (χ1) is 9.61. The summed E-state index contributed by atoms with van der Waals surface area (Å²) in [5, 5.41) is 3.32. The van der Waals surface area contributed by atoms with Crippen LogP contribution in [0.4, 0.5) is 4.39 Å². The van der Waals surface area contributed by atoms with Crippen molar-refractivity contribution in [2.75, 3.05) is 6.54 Å². The standard InChI is InChI=1S/C16H20FN3/c1-4-7-18-15(16-19-9-12(3)10-20-16)13-8-11(2)5-6-14(13)17/h5-6,8-10,15,18H,4,7H2,1-3H3. The lowest BCUT2D eigenvalue weighted by atomic mass is 10.0. The van der Waals surface area contributed by atoms with E-state index in [4.69, 9.17) is 0 Å². The highest BCUT2D eigenvalue weighted by Crippen LogP contribution is 2.23. The Hall–Kier alpha value is -1.81. The zero-order chi connectivity index (χ0) is 14.5. The van der Waals surface area contributed by atoms with E-state index in [0.717, 1.165) is 24.1 Å². The van der Waals surface area contributed by atoms with Crippen LogP contribution in [0.25, 0.3) is 0 Å². The predicted octanol–water partition coefficient (Wildman–Crippen LogP) is 3.32. The quantitative estimate of drug-likeness (QED) is 0.908. The molecule has 0 amide bonds. The van der Waals surface area contributed by atoms with E-state index in [-0.39, 0.29) is 11.9 Å². The Morgan fingerprint density at radius 2 is 1.85 bits per heavy atom. The van der Waals surface area contributed by atoms with Crippen molar-refractivity contribution in [1.29, 1.82) is 0 Å². The molecule has 4 heteroatoms. The smallest absolute Gasteiger partial charge is 0.149 e. The highest BCUT2D eigenvalue weighted by Gasteiger charge is 2.19. The van der Waals surface area contributed by atoms with E-state index in [2.05, 4.69) is 22.2 Å². The number of halogens is 1. The second-order valence-electron chi connectivity index (χ2n) is 5.03. The highest BCUT2D eigenvalue weighted by molar-refractivity contribution is 5.30. The molecule has 106 valence electrons. The van der Waals surface area contributed by atoms with Gasteiger partial charge >= 0.3 is 0 Å². The minimum absolute atomic E-state index is 0.228. The van der Waals surface area contributed by atoms with Crippen molar-refractivity contribution in [3.05, 3.63) is 58.9 Å². The van der Waals surface area contributed by atoms with Crippen LogP contribution in [-0.2, 0) is 0 Å². The second-order valence-corrected chi connectivity index (χ2v) is 5.03. The maximum absolute atomic E-state index is 14.1. The van der Waals surface area contributed by atoms with Crippen LogP contribution < -0.4 is 5.32 Å². The van der Waals surface area contributed by atoms with Crippen molar-refractivity contribution in [3.8, 4) is 0 Å². The number of aryl methyl sites for hydroxylation is 2. The summed E-state index contributed by atoms with van der Waals surface area (Å²) in [7, 11) is 0. The minimum Gasteiger partial charge on any atom is -0.304 e. The van der Waals surface area contributed by atoms with Crippen LogP contribution in [0, 0.1) is 19.7 Å². The molecule has 0 saturated carbocycles. The van der Waals surface area contributed by atoms with Crippen molar-refractivity contribution in [2.24, 2.45) is 0 Å². The molecule has 0 fully saturated rings. The number of hydrogen-bond donors (Lipinski definition) is 1. The third-order valence-corrected chi connectivity index (χ3v) is 3.12. The molecule has 2 aromatic rings. The van der Waals surface area contributed by atoms with Crippen LogP contribution in [0.2, 0.25) is 0 Å². The topological polar surface area (TPSA) is 37.8 Å². The van der Waals surface area contributed by atoms with E-state index in [1.807, 2.05) is 19.9 Å². The fourth-order valence-electron chi connectivity index (χ4n) is 2.07. The normalized spacial score (nSPS) is 12.4. The number of nitrogens with zero attached hydrogens (tertiary/aromatic N) is 2. The molecule has 1 N–H and O–H groups in total. The Balaban J connectivity index is 2.41. The van der Waals surface area contributed by atoms with Crippen molar-refractivity contribution < 1.29 is 4.39 Å². The summed E-state index contributed by atoms with van der Waals surface area (Å²) in [5.41, 5.74) is 2.62. The Labute approximate surface area is 119 Å². The van der Waals surface area contributed by atoms with Crippen LogP contribution in [0.1, 0.15) is 41.9 Å². The zero-order valence-electron chi connectivity index (χ0n) is 12.2. The van der Waals surface area contributed by atoms with Crippen molar-refractivity contribution >= 4 is 0 Å². The molecule has 2 rings (SSSR count). The largest absolute Gasteiger partial charge is 0.304 e. The lowest BCUT2D eigenvalue weighted by Gasteiger charge is -2.18. The summed E-state index contributed by atoms with van der Waals surface area (Å²) in [6.07, 6.45) is 4.49. The second kappa shape index (κ2) is 6.57. The van der Waals surface area contributed by atoms with E-state index in [1.165, 1.54) is 6.07 Å². The van der Waals surface area contributed by atoms with Gasteiger partial charge in [-0.1, -0.05) is 24.6 Å². The molecule has 1 aromatic heterocycles. The molecule has 1 unspecified atom stereocenters. The van der Waals surface area contributed by atoms with Crippen molar-refractivity contribution in [1.82, 2.24) is 15.3 Å². The van der Waals surface area contributed by atoms with E-state index in [0.29, 0.717) is 11.4 Å². The average Bonchev–Trinajstić information content (AvgIpc) is 2.44. The molecule has 0 bridgehead atoms. The highest BCUT2D eigenvalue weighted by atomic mass is 19.1. The molecule has 0 aliphatic rings. The SMILES string of the molecule is CCCNC(c1ncc(C)cn1)c1cc(C)ccc1F. The molecule has 0 aliphatic carbocycles. The van der Waals surface area contributed by atoms with Crippen LogP contribution in [0.5, 0.6) is 0 Å². The third kappa shape index (κ3) is 3.39. The predicted molar refractivity (Wildman–Crippen MR) is 78.0 cm³/mol. The van der Waals surface area contributed by atoms with Gasteiger partial charge in [-0.05, 0) is 38.4 Å². The van der Waals surface area contributed by atoms with E-state index < -0.39 is 0 Å². The first-order valence-corrected chi connectivity index (χ1v) is 6.89. The Morgan fingerprint density at radius 3 is 2.50 bits per heavy atom. The van der Waals surface area contributed by atoms with Gasteiger partial charge in [0.25, 0.3) is 0 Å². The van der Waals surface area contributed by atoms with Gasteiger partial charge in [0.2, 0.25) is 0 Å². The fraction of sp³-hybridized carbons (Fsp3) is 0.375. The number of benzene rings is 1. The molecular weight excluding hydrogens is 253 g/mol. The number of hydrogen-bond acceptors (Lipinski definition) is 3. The fourth-order valence-corrected chi connectivity index (χ4v) is 2.07. The molecule has 1 atom stereocenters. The van der Waals surface area contributed by atoms with Gasteiger partial charge in [0.05, 0.1) is 6.04 Å². The van der Waals surface area contributed by atoms with Crippen LogP contribution in [0.15, 0.2) is 30.6 Å². The van der Waals surface area contributed by atoms with Gasteiger partial charge in [-0.2, -0.15) is 0 Å². The summed E-state index contributed by atoms with van der Waals surface area (Å²) >= 11 is 0. The average molecular weight is 273 g/mol. The van der Waals surface area contributed by atoms with Crippen LogP contribution >= 0.6 is 0 Å². The first kappa shape index (κ1) is 14.6. The Bertz CT molecular complexity index is 566. The molecule has 0 saturated heterocycles. The van der Waals surface area contributed by atoms with Crippen molar-refractivity contribution in [2.45, 2.75) is 33.2 Å². The lowest BCUT2D eigenvalue weighted by molar-refractivity contribution is 0.529. The molecule has 0 radical (unpaired) electrons. The summed E-state index contributed by atoms with van der Waals surface area (Å²) in [4.78, 5) is 8.68. The molecule has 1 heterocycles. The van der Waals surface area contributed by atoms with Crippen molar-refractivity contribution in [3.63, 3.8) is 0 Å². The zero-order valence-corrected chi connectivity index (χ0v) is 12.2. The molecule has 0 aliphatic heterocycles. The maximum Gasteiger partial charge on any atom is 0.149 e. The Morgan fingerprint density at radius 1 is 1.15 bits per heavy atom. The number of nitrogens with one attached hydrogen (secondary N) is 1. The van der Waals surface area contributed by atoms with E-state index in [9.17, 15) is 4.39 Å². The summed E-state index contributed by atoms with van der Waals surface area (Å²) in [6.45, 7) is 6.75. The van der Waals surface area contributed by atoms with Gasteiger partial charge in [-0.3, -0.25) is 0 Å². The van der Waals surface area contributed by atoms with Gasteiger partial charge in [0.15, 0.2) is 0 Å². The third-order valence-electron chi connectivity index (χ3n) is 3.12. The molecule has 0 spiro atoms. The molecular formula is C16H20FN3. The molecule has 20 heavy (non-hydrogen) atoms. The van der Waals surface area contributed by atoms with Crippen LogP contribution in [0.3, 0.4) is 0 Å². The lowest BCUT2D eigenvalue weighted by Crippen LogP contribution is -2.26. The summed E-state index contributed by atoms with van der Waals surface area (Å²) in [5.74, 6) is 0.377.